The SMILES string of the molecule is FC(F)(F)c1cc(-c2ccc3c(c2)c2cc(-c4cc(C(F)(F)F)cc(C(F)(F)F)c4)ccc2n3-c2ccc(-c3ccc4c(c3)sc3ccccc34)cc2-c2nc(-c3ccccc3)nc(-c3ccccc3)n2)cc(C(F)(F)F)c1. The fraction of sp³-hybridized carbons (Fsp3) is 0.0656. The molecule has 9 aromatic carbocycles. The van der Waals surface area contributed by atoms with Crippen LogP contribution in [0.5, 0.6) is 0 Å². The van der Waals surface area contributed by atoms with Gasteiger partial charge in [0.2, 0.25) is 0 Å². The van der Waals surface area contributed by atoms with Gasteiger partial charge in [-0.1, -0.05) is 109 Å². The Balaban J connectivity index is 1.15. The number of aromatic nitrogens is 4. The number of benzene rings is 9. The molecule has 0 unspecified atom stereocenters. The van der Waals surface area contributed by atoms with Crippen molar-refractivity contribution in [3.8, 4) is 73.2 Å². The second-order valence-electron chi connectivity index (χ2n) is 18.5. The Morgan fingerprint density at radius 2 is 0.692 bits per heavy atom. The smallest absolute Gasteiger partial charge is 0.308 e. The highest BCUT2D eigenvalue weighted by Gasteiger charge is 2.39. The number of alkyl halides is 12. The molecule has 12 rings (SSSR count). The highest BCUT2D eigenvalue weighted by atomic mass is 32.1. The van der Waals surface area contributed by atoms with Crippen LogP contribution in [0.15, 0.2) is 194 Å². The van der Waals surface area contributed by atoms with Gasteiger partial charge in [0.15, 0.2) is 17.5 Å². The maximum Gasteiger partial charge on any atom is 0.416 e. The summed E-state index contributed by atoms with van der Waals surface area (Å²) >= 11 is 1.62. The molecule has 0 saturated heterocycles. The van der Waals surface area contributed by atoms with Gasteiger partial charge in [0.25, 0.3) is 0 Å². The van der Waals surface area contributed by atoms with Gasteiger partial charge in [-0.25, -0.2) is 15.0 Å². The molecule has 0 N–H and O–H groups in total. The molecule has 3 heterocycles. The Morgan fingerprint density at radius 3 is 1.18 bits per heavy atom. The quantitative estimate of drug-likeness (QED) is 0.149. The van der Waals surface area contributed by atoms with E-state index in [9.17, 15) is 52.7 Å². The third-order valence-electron chi connectivity index (χ3n) is 13.5. The summed E-state index contributed by atoms with van der Waals surface area (Å²) in [6.07, 6.45) is -20.7. The molecule has 0 radical (unpaired) electrons. The number of halogens is 12. The standard InChI is InChI=1S/C61H32F12N4S/c62-58(63,64)41-23-39(24-42(31-41)59(65,66)67)36-17-20-50-47(27-36)48-28-37(40-25-43(60(68,69)70)32-44(26-40)61(71,72)73)18-21-51(48)77(50)52-22-16-35(38-15-19-46-45-13-7-8-14-53(45)78-54(46)30-38)29-49(52)57-75-55(33-9-3-1-4-10-33)74-56(76-57)34-11-5-2-6-12-34/h1-32H. The van der Waals surface area contributed by atoms with Gasteiger partial charge in [-0.2, -0.15) is 52.7 Å². The van der Waals surface area contributed by atoms with E-state index >= 15 is 0 Å². The average molecular weight is 1080 g/mol. The summed E-state index contributed by atoms with van der Waals surface area (Å²) < 4.78 is 175. The van der Waals surface area contributed by atoms with E-state index < -0.39 is 58.1 Å². The Morgan fingerprint density at radius 1 is 0.295 bits per heavy atom. The molecule has 0 bridgehead atoms. The molecule has 78 heavy (non-hydrogen) atoms. The molecule has 0 aliphatic rings. The predicted molar refractivity (Wildman–Crippen MR) is 280 cm³/mol. The van der Waals surface area contributed by atoms with E-state index in [1.807, 2.05) is 109 Å². The van der Waals surface area contributed by atoms with Crippen molar-refractivity contribution in [3.63, 3.8) is 0 Å². The summed E-state index contributed by atoms with van der Waals surface area (Å²) in [6, 6.07) is 48.6. The minimum atomic E-state index is -5.19. The lowest BCUT2D eigenvalue weighted by Crippen LogP contribution is -2.11. The van der Waals surface area contributed by atoms with Gasteiger partial charge in [0, 0.05) is 47.6 Å². The topological polar surface area (TPSA) is 43.6 Å². The van der Waals surface area contributed by atoms with Crippen LogP contribution in [0.1, 0.15) is 22.3 Å². The van der Waals surface area contributed by atoms with Gasteiger partial charge in [-0.05, 0) is 118 Å². The van der Waals surface area contributed by atoms with Gasteiger partial charge in [0.1, 0.15) is 0 Å². The summed E-state index contributed by atoms with van der Waals surface area (Å²) in [5, 5.41) is 2.49. The van der Waals surface area contributed by atoms with Crippen LogP contribution in [-0.2, 0) is 24.7 Å². The third-order valence-corrected chi connectivity index (χ3v) is 14.6. The van der Waals surface area contributed by atoms with Gasteiger partial charge in [0.05, 0.1) is 39.0 Å². The van der Waals surface area contributed by atoms with Crippen LogP contribution in [0.2, 0.25) is 0 Å². The van der Waals surface area contributed by atoms with E-state index in [0.717, 1.165) is 31.3 Å². The van der Waals surface area contributed by atoms with Crippen LogP contribution in [0.3, 0.4) is 0 Å². The molecular formula is C61H32F12N4S. The highest BCUT2D eigenvalue weighted by Crippen LogP contribution is 2.46. The average Bonchev–Trinajstić information content (AvgIpc) is 4.20. The Hall–Kier alpha value is -8.83. The second kappa shape index (κ2) is 18.4. The number of hydrogen-bond acceptors (Lipinski definition) is 4. The normalized spacial score (nSPS) is 12.6. The first-order chi connectivity index (χ1) is 37.1. The lowest BCUT2D eigenvalue weighted by atomic mass is 9.96. The van der Waals surface area contributed by atoms with Crippen LogP contribution in [0.25, 0.3) is 115 Å². The van der Waals surface area contributed by atoms with E-state index in [2.05, 4.69) is 6.07 Å². The minimum Gasteiger partial charge on any atom is -0.308 e. The fourth-order valence-corrected chi connectivity index (χ4v) is 11.0. The number of fused-ring (bicyclic) bond motifs is 6. The van der Waals surface area contributed by atoms with Crippen molar-refractivity contribution in [1.29, 1.82) is 0 Å². The highest BCUT2D eigenvalue weighted by molar-refractivity contribution is 7.25. The maximum absolute atomic E-state index is 14.3. The van der Waals surface area contributed by atoms with Crippen molar-refractivity contribution in [2.75, 3.05) is 0 Å². The molecule has 0 amide bonds. The zero-order valence-electron chi connectivity index (χ0n) is 39.7. The molecule has 0 aliphatic heterocycles. The molecule has 3 aromatic heterocycles. The molecule has 386 valence electrons. The minimum absolute atomic E-state index is 0.00377. The zero-order valence-corrected chi connectivity index (χ0v) is 40.5. The number of hydrogen-bond donors (Lipinski definition) is 0. The Bertz CT molecular complexity index is 4070. The van der Waals surface area contributed by atoms with Gasteiger partial charge >= 0.3 is 24.7 Å². The fourth-order valence-electron chi connectivity index (χ4n) is 9.81. The van der Waals surface area contributed by atoms with E-state index in [-0.39, 0.29) is 39.9 Å². The van der Waals surface area contributed by atoms with E-state index in [1.54, 1.807) is 22.0 Å². The molecule has 0 saturated carbocycles. The van der Waals surface area contributed by atoms with Crippen LogP contribution in [0.4, 0.5) is 52.7 Å². The summed E-state index contributed by atoms with van der Waals surface area (Å²) in [4.78, 5) is 15.0. The number of nitrogens with zero attached hydrogens (tertiary/aromatic N) is 4. The summed E-state index contributed by atoms with van der Waals surface area (Å²) in [6.45, 7) is 0. The van der Waals surface area contributed by atoms with Crippen molar-refractivity contribution in [1.82, 2.24) is 19.5 Å². The Labute approximate surface area is 438 Å². The van der Waals surface area contributed by atoms with Crippen LogP contribution in [0, 0.1) is 0 Å². The number of rotatable bonds is 7. The molecule has 0 aliphatic carbocycles. The van der Waals surface area contributed by atoms with Gasteiger partial charge in [-0.3, -0.25) is 0 Å². The number of thiophene rings is 1. The summed E-state index contributed by atoms with van der Waals surface area (Å²) in [5.74, 6) is 0.785. The molecule has 4 nitrogen and oxygen atoms in total. The van der Waals surface area contributed by atoms with Crippen LogP contribution >= 0.6 is 11.3 Å². The van der Waals surface area contributed by atoms with Crippen molar-refractivity contribution in [2.24, 2.45) is 0 Å². The van der Waals surface area contributed by atoms with Crippen LogP contribution < -0.4 is 0 Å². The molecule has 0 spiro atoms. The van der Waals surface area contributed by atoms with E-state index in [0.29, 0.717) is 69.3 Å². The summed E-state index contributed by atoms with van der Waals surface area (Å²) in [5.41, 5.74) is -3.17. The third kappa shape index (κ3) is 9.26. The predicted octanol–water partition coefficient (Wildman–Crippen LogP) is 19.4. The molecule has 12 aromatic rings. The molecular weight excluding hydrogens is 1050 g/mol. The lowest BCUT2D eigenvalue weighted by molar-refractivity contribution is -0.144. The first kappa shape index (κ1) is 50.0. The Kier molecular flexibility index (Phi) is 11.8. The molecule has 0 atom stereocenters. The van der Waals surface area contributed by atoms with Crippen molar-refractivity contribution < 1.29 is 52.7 Å². The molecule has 17 heteroatoms. The van der Waals surface area contributed by atoms with Crippen LogP contribution in [-0.4, -0.2) is 19.5 Å². The largest absolute Gasteiger partial charge is 0.416 e. The van der Waals surface area contributed by atoms with Gasteiger partial charge < -0.3 is 4.57 Å². The van der Waals surface area contributed by atoms with Gasteiger partial charge in [-0.15, -0.1) is 11.3 Å². The first-order valence-electron chi connectivity index (χ1n) is 23.8. The van der Waals surface area contributed by atoms with Crippen molar-refractivity contribution in [2.45, 2.75) is 24.7 Å². The summed E-state index contributed by atoms with van der Waals surface area (Å²) in [7, 11) is 0. The zero-order chi connectivity index (χ0) is 54.5. The van der Waals surface area contributed by atoms with E-state index in [1.165, 1.54) is 36.4 Å². The molecule has 0 fully saturated rings. The van der Waals surface area contributed by atoms with Crippen molar-refractivity contribution >= 4 is 53.3 Å². The van der Waals surface area contributed by atoms with E-state index in [4.69, 9.17) is 15.0 Å². The maximum atomic E-state index is 14.3. The second-order valence-corrected chi connectivity index (χ2v) is 19.6. The van der Waals surface area contributed by atoms with Crippen molar-refractivity contribution in [3.05, 3.63) is 216 Å². The monoisotopic (exact) mass is 1080 g/mol. The first-order valence-corrected chi connectivity index (χ1v) is 24.6. The lowest BCUT2D eigenvalue weighted by Gasteiger charge is -2.17.